The standard InChI is InChI=1S/C13H14N8O/c1-22-10-5-3-2-4-9(10)7-15-19-13-20-17-11(14)6-12-18-16-8-21(12)13/h2-5,7-8H,6H2,1H3,(H2,14,17)(H,19,20)/b15-7-. The maximum absolute atomic E-state index is 5.71. The molecule has 0 aliphatic carbocycles. The van der Waals surface area contributed by atoms with Gasteiger partial charge in [0, 0.05) is 5.56 Å². The lowest BCUT2D eigenvalue weighted by molar-refractivity contribution is 0.414. The van der Waals surface area contributed by atoms with Crippen molar-refractivity contribution in [2.75, 3.05) is 7.11 Å². The van der Waals surface area contributed by atoms with Crippen LogP contribution in [0, 0.1) is 0 Å². The van der Waals surface area contributed by atoms with Gasteiger partial charge < -0.3 is 10.5 Å². The molecule has 3 N–H and O–H groups in total. The minimum Gasteiger partial charge on any atom is -0.496 e. The van der Waals surface area contributed by atoms with Crippen molar-refractivity contribution in [1.29, 1.82) is 0 Å². The quantitative estimate of drug-likeness (QED) is 0.608. The smallest absolute Gasteiger partial charge is 0.250 e. The molecule has 0 amide bonds. The molecule has 0 radical (unpaired) electrons. The van der Waals surface area contributed by atoms with Gasteiger partial charge in [-0.1, -0.05) is 12.1 Å². The third kappa shape index (κ3) is 2.77. The second-order valence-corrected chi connectivity index (χ2v) is 4.42. The lowest BCUT2D eigenvalue weighted by atomic mass is 10.2. The number of hydrogen-bond donors (Lipinski definition) is 2. The van der Waals surface area contributed by atoms with E-state index in [1.54, 1.807) is 17.9 Å². The van der Waals surface area contributed by atoms with Gasteiger partial charge >= 0.3 is 0 Å². The number of methoxy groups -OCH3 is 1. The Morgan fingerprint density at radius 1 is 1.36 bits per heavy atom. The summed E-state index contributed by atoms with van der Waals surface area (Å²) in [5.41, 5.74) is 9.35. The Balaban J connectivity index is 1.81. The average molecular weight is 298 g/mol. The highest BCUT2D eigenvalue weighted by Gasteiger charge is 2.14. The monoisotopic (exact) mass is 298 g/mol. The number of hydrogen-bond acceptors (Lipinski definition) is 8. The third-order valence-electron chi connectivity index (χ3n) is 2.97. The topological polar surface area (TPSA) is 115 Å². The second-order valence-electron chi connectivity index (χ2n) is 4.42. The maximum Gasteiger partial charge on any atom is 0.250 e. The molecule has 0 saturated heterocycles. The van der Waals surface area contributed by atoms with E-state index in [0.29, 0.717) is 24.0 Å². The fourth-order valence-electron chi connectivity index (χ4n) is 1.92. The molecule has 0 fully saturated rings. The molecular weight excluding hydrogens is 284 g/mol. The van der Waals surface area contributed by atoms with Crippen LogP contribution < -0.4 is 15.9 Å². The zero-order chi connectivity index (χ0) is 15.4. The van der Waals surface area contributed by atoms with E-state index in [-0.39, 0.29) is 0 Å². The molecule has 22 heavy (non-hydrogen) atoms. The van der Waals surface area contributed by atoms with E-state index < -0.39 is 0 Å². The number of ether oxygens (including phenoxy) is 1. The summed E-state index contributed by atoms with van der Waals surface area (Å²) in [6.45, 7) is 0. The number of fused-ring (bicyclic) bond motifs is 1. The molecule has 3 rings (SSSR count). The molecule has 0 bridgehead atoms. The van der Waals surface area contributed by atoms with Crippen LogP contribution in [0.1, 0.15) is 11.4 Å². The van der Waals surface area contributed by atoms with Gasteiger partial charge in [0.05, 0.1) is 19.7 Å². The number of benzene rings is 1. The molecule has 2 heterocycles. The second kappa shape index (κ2) is 6.04. The normalized spacial score (nSPS) is 14.0. The van der Waals surface area contributed by atoms with Gasteiger partial charge in [0.2, 0.25) is 0 Å². The average Bonchev–Trinajstić information content (AvgIpc) is 2.93. The molecule has 9 heteroatoms. The fourth-order valence-corrected chi connectivity index (χ4v) is 1.92. The van der Waals surface area contributed by atoms with Gasteiger partial charge in [-0.25, -0.2) is 5.43 Å². The first-order valence-corrected chi connectivity index (χ1v) is 6.49. The highest BCUT2D eigenvalue weighted by Crippen LogP contribution is 2.14. The van der Waals surface area contributed by atoms with Crippen LogP contribution in [0.5, 0.6) is 5.75 Å². The van der Waals surface area contributed by atoms with Gasteiger partial charge in [-0.2, -0.15) is 5.10 Å². The summed E-state index contributed by atoms with van der Waals surface area (Å²) in [5, 5.41) is 19.8. The van der Waals surface area contributed by atoms with Crippen LogP contribution in [0.3, 0.4) is 0 Å². The van der Waals surface area contributed by atoms with Gasteiger partial charge in [-0.15, -0.1) is 20.4 Å². The summed E-state index contributed by atoms with van der Waals surface area (Å²) < 4.78 is 6.89. The first-order valence-electron chi connectivity index (χ1n) is 6.49. The zero-order valence-electron chi connectivity index (χ0n) is 11.8. The number of rotatable bonds is 3. The Morgan fingerprint density at radius 3 is 3.09 bits per heavy atom. The Kier molecular flexibility index (Phi) is 3.77. The van der Waals surface area contributed by atoms with E-state index >= 15 is 0 Å². The van der Waals surface area contributed by atoms with Crippen LogP contribution >= 0.6 is 0 Å². The van der Waals surface area contributed by atoms with E-state index in [2.05, 4.69) is 30.9 Å². The Bertz CT molecular complexity index is 761. The summed E-state index contributed by atoms with van der Waals surface area (Å²) in [5.74, 6) is 2.09. The highest BCUT2D eigenvalue weighted by molar-refractivity contribution is 5.90. The van der Waals surface area contributed by atoms with Gasteiger partial charge in [-0.05, 0) is 12.1 Å². The molecule has 2 aromatic rings. The number of aromatic nitrogens is 3. The van der Waals surface area contributed by atoms with Gasteiger partial charge in [0.15, 0.2) is 0 Å². The van der Waals surface area contributed by atoms with E-state index in [4.69, 9.17) is 10.5 Å². The predicted octanol–water partition coefficient (Wildman–Crippen LogP) is -0.0572. The molecule has 1 aliphatic rings. The first-order chi connectivity index (χ1) is 10.8. The summed E-state index contributed by atoms with van der Waals surface area (Å²) in [6, 6.07) is 7.53. The summed E-state index contributed by atoms with van der Waals surface area (Å²) >= 11 is 0. The number of amidine groups is 1. The van der Waals surface area contributed by atoms with Gasteiger partial charge in [-0.3, -0.25) is 4.57 Å². The Hall–Kier alpha value is -3.23. The SMILES string of the molecule is COc1ccccc1/C=N\NC1=NN=C(N)Cc2nncn21. The third-order valence-corrected chi connectivity index (χ3v) is 2.97. The van der Waals surface area contributed by atoms with Crippen LogP contribution in [0.2, 0.25) is 0 Å². The molecule has 1 aromatic heterocycles. The molecule has 112 valence electrons. The molecule has 0 unspecified atom stereocenters. The Labute approximate surface area is 126 Å². The molecule has 1 aliphatic heterocycles. The molecule has 9 nitrogen and oxygen atoms in total. The maximum atomic E-state index is 5.71. The zero-order valence-corrected chi connectivity index (χ0v) is 11.8. The van der Waals surface area contributed by atoms with Crippen molar-refractivity contribution in [3.8, 4) is 5.75 Å². The molecule has 0 spiro atoms. The summed E-state index contributed by atoms with van der Waals surface area (Å²) in [4.78, 5) is 0. The van der Waals surface area contributed by atoms with Crippen molar-refractivity contribution in [2.24, 2.45) is 21.0 Å². The fraction of sp³-hybridized carbons (Fsp3) is 0.154. The lowest BCUT2D eigenvalue weighted by Gasteiger charge is -2.06. The van der Waals surface area contributed by atoms with Crippen molar-refractivity contribution < 1.29 is 4.74 Å². The molecule has 0 saturated carbocycles. The number of nitrogens with zero attached hydrogens (tertiary/aromatic N) is 6. The van der Waals surface area contributed by atoms with Crippen molar-refractivity contribution in [3.63, 3.8) is 0 Å². The van der Waals surface area contributed by atoms with Crippen LogP contribution in [0.4, 0.5) is 0 Å². The summed E-state index contributed by atoms with van der Waals surface area (Å²) in [6.07, 6.45) is 3.53. The largest absolute Gasteiger partial charge is 0.496 e. The molecule has 0 atom stereocenters. The van der Waals surface area contributed by atoms with Crippen LogP contribution in [0.15, 0.2) is 45.9 Å². The number of nitrogens with two attached hydrogens (primary N) is 1. The van der Waals surface area contributed by atoms with Crippen molar-refractivity contribution in [1.82, 2.24) is 20.2 Å². The Morgan fingerprint density at radius 2 is 2.23 bits per heavy atom. The predicted molar refractivity (Wildman–Crippen MR) is 81.9 cm³/mol. The molecular formula is C13H14N8O. The number of para-hydroxylation sites is 1. The van der Waals surface area contributed by atoms with Gasteiger partial charge in [0.25, 0.3) is 5.96 Å². The van der Waals surface area contributed by atoms with E-state index in [9.17, 15) is 0 Å². The van der Waals surface area contributed by atoms with E-state index in [0.717, 1.165) is 11.3 Å². The lowest BCUT2D eigenvalue weighted by Crippen LogP contribution is -2.27. The van der Waals surface area contributed by atoms with Crippen molar-refractivity contribution in [3.05, 3.63) is 42.0 Å². The number of hydrazone groups is 1. The van der Waals surface area contributed by atoms with Gasteiger partial charge in [0.1, 0.15) is 23.7 Å². The van der Waals surface area contributed by atoms with Crippen molar-refractivity contribution in [2.45, 2.75) is 6.42 Å². The molecule has 1 aromatic carbocycles. The van der Waals surface area contributed by atoms with Crippen LogP contribution in [0.25, 0.3) is 0 Å². The van der Waals surface area contributed by atoms with E-state index in [1.807, 2.05) is 24.3 Å². The minimum absolute atomic E-state index is 0.361. The van der Waals surface area contributed by atoms with Crippen LogP contribution in [-0.4, -0.2) is 39.9 Å². The highest BCUT2D eigenvalue weighted by atomic mass is 16.5. The summed E-state index contributed by atoms with van der Waals surface area (Å²) in [7, 11) is 1.61. The van der Waals surface area contributed by atoms with Crippen LogP contribution in [-0.2, 0) is 6.42 Å². The number of nitrogens with one attached hydrogen (secondary N) is 1. The first kappa shape index (κ1) is 13.7. The van der Waals surface area contributed by atoms with Crippen molar-refractivity contribution >= 4 is 18.0 Å². The minimum atomic E-state index is 0.361. The van der Waals surface area contributed by atoms with E-state index in [1.165, 1.54) is 6.33 Å².